The first-order chi connectivity index (χ1) is 14.9. The van der Waals surface area contributed by atoms with Gasteiger partial charge in [-0.2, -0.15) is 0 Å². The van der Waals surface area contributed by atoms with Crippen molar-refractivity contribution < 1.29 is 26.8 Å². The number of amides is 1. The summed E-state index contributed by atoms with van der Waals surface area (Å²) in [4.78, 5) is 14.6. The van der Waals surface area contributed by atoms with Gasteiger partial charge in [0.15, 0.2) is 0 Å². The van der Waals surface area contributed by atoms with E-state index in [-0.39, 0.29) is 23.8 Å². The first-order valence-corrected chi connectivity index (χ1v) is 11.3. The Hall–Kier alpha value is -3.04. The van der Waals surface area contributed by atoms with Crippen molar-refractivity contribution in [2.24, 2.45) is 0 Å². The van der Waals surface area contributed by atoms with E-state index in [0.29, 0.717) is 36.8 Å². The van der Waals surface area contributed by atoms with Gasteiger partial charge in [-0.3, -0.25) is 4.79 Å². The number of rotatable bonds is 11. The highest BCUT2D eigenvalue weighted by molar-refractivity contribution is 7.89. The summed E-state index contributed by atoms with van der Waals surface area (Å²) in [6.07, 6.45) is 3.70. The molecule has 2 heterocycles. The van der Waals surface area contributed by atoms with Crippen molar-refractivity contribution in [1.82, 2.24) is 9.21 Å². The lowest BCUT2D eigenvalue weighted by Gasteiger charge is -2.22. The fourth-order valence-corrected chi connectivity index (χ4v) is 4.28. The highest BCUT2D eigenvalue weighted by Gasteiger charge is 2.22. The summed E-state index contributed by atoms with van der Waals surface area (Å²) < 4.78 is 42.5. The summed E-state index contributed by atoms with van der Waals surface area (Å²) in [5.41, 5.74) is 0. The van der Waals surface area contributed by atoms with Gasteiger partial charge >= 0.3 is 0 Å². The zero-order chi connectivity index (χ0) is 22.3. The van der Waals surface area contributed by atoms with Crippen molar-refractivity contribution in [1.29, 1.82) is 0 Å². The van der Waals surface area contributed by atoms with Gasteiger partial charge < -0.3 is 18.5 Å². The number of hydrogen-bond acceptors (Lipinski definition) is 6. The maximum absolute atomic E-state index is 12.8. The molecule has 0 fully saturated rings. The maximum atomic E-state index is 12.8. The highest BCUT2D eigenvalue weighted by Crippen LogP contribution is 2.19. The van der Waals surface area contributed by atoms with Crippen molar-refractivity contribution in [3.8, 4) is 5.75 Å². The van der Waals surface area contributed by atoms with E-state index in [1.807, 2.05) is 0 Å². The fraction of sp³-hybridized carbons (Fsp3) is 0.318. The van der Waals surface area contributed by atoms with Crippen molar-refractivity contribution in [2.75, 3.05) is 20.7 Å². The van der Waals surface area contributed by atoms with E-state index in [9.17, 15) is 13.2 Å². The van der Waals surface area contributed by atoms with Crippen LogP contribution in [0.25, 0.3) is 0 Å². The molecular weight excluding hydrogens is 420 g/mol. The molecule has 0 aliphatic heterocycles. The van der Waals surface area contributed by atoms with E-state index in [4.69, 9.17) is 13.6 Å². The molecule has 0 atom stereocenters. The Morgan fingerprint density at radius 2 is 1.55 bits per heavy atom. The third kappa shape index (κ3) is 5.99. The number of hydrogen-bond donors (Lipinski definition) is 0. The molecule has 3 rings (SSSR count). The van der Waals surface area contributed by atoms with Crippen LogP contribution in [0.15, 0.2) is 74.8 Å². The lowest BCUT2D eigenvalue weighted by atomic mass is 10.2. The van der Waals surface area contributed by atoms with Gasteiger partial charge in [0.2, 0.25) is 15.9 Å². The number of methoxy groups -OCH3 is 1. The second-order valence-electron chi connectivity index (χ2n) is 7.01. The van der Waals surface area contributed by atoms with E-state index in [1.165, 1.54) is 30.6 Å². The van der Waals surface area contributed by atoms with E-state index >= 15 is 0 Å². The molecule has 0 aliphatic rings. The number of carbonyl (C=O) groups is 1. The summed E-state index contributed by atoms with van der Waals surface area (Å²) in [6, 6.07) is 13.4. The van der Waals surface area contributed by atoms with Gasteiger partial charge in [0.05, 0.1) is 37.6 Å². The van der Waals surface area contributed by atoms with Crippen molar-refractivity contribution in [3.05, 3.63) is 72.6 Å². The molecule has 0 saturated heterocycles. The van der Waals surface area contributed by atoms with Gasteiger partial charge in [0.1, 0.15) is 17.3 Å². The third-order valence-electron chi connectivity index (χ3n) is 4.84. The van der Waals surface area contributed by atoms with E-state index < -0.39 is 10.0 Å². The van der Waals surface area contributed by atoms with E-state index in [0.717, 1.165) is 0 Å². The Morgan fingerprint density at radius 3 is 2.03 bits per heavy atom. The van der Waals surface area contributed by atoms with Gasteiger partial charge in [0, 0.05) is 20.0 Å². The number of carbonyl (C=O) groups excluding carboxylic acids is 1. The number of furan rings is 2. The molecular formula is C22H26N2O6S. The van der Waals surface area contributed by atoms with Crippen LogP contribution >= 0.6 is 0 Å². The monoisotopic (exact) mass is 446 g/mol. The first-order valence-electron chi connectivity index (χ1n) is 9.83. The summed E-state index contributed by atoms with van der Waals surface area (Å²) >= 11 is 0. The van der Waals surface area contributed by atoms with E-state index in [1.54, 1.807) is 53.8 Å². The van der Waals surface area contributed by atoms with Crippen LogP contribution in [0, 0.1) is 0 Å². The third-order valence-corrected chi connectivity index (χ3v) is 6.71. The first kappa shape index (κ1) is 22.6. The average Bonchev–Trinajstić information content (AvgIpc) is 3.47. The predicted molar refractivity (Wildman–Crippen MR) is 114 cm³/mol. The fourth-order valence-electron chi connectivity index (χ4n) is 3.07. The number of nitrogens with zero attached hydrogens (tertiary/aromatic N) is 2. The Labute approximate surface area is 182 Å². The molecule has 1 aromatic carbocycles. The number of benzene rings is 1. The minimum Gasteiger partial charge on any atom is -0.497 e. The normalized spacial score (nSPS) is 11.6. The molecule has 166 valence electrons. The summed E-state index contributed by atoms with van der Waals surface area (Å²) in [7, 11) is -0.612. The van der Waals surface area contributed by atoms with Crippen LogP contribution in [-0.4, -0.2) is 44.2 Å². The average molecular weight is 447 g/mol. The van der Waals surface area contributed by atoms with Crippen LogP contribution in [0.5, 0.6) is 5.75 Å². The highest BCUT2D eigenvalue weighted by atomic mass is 32.2. The van der Waals surface area contributed by atoms with Gasteiger partial charge in [0.25, 0.3) is 0 Å². The molecule has 0 aliphatic carbocycles. The molecule has 0 unspecified atom stereocenters. The number of sulfonamides is 1. The molecule has 0 saturated carbocycles. The Morgan fingerprint density at radius 1 is 0.968 bits per heavy atom. The van der Waals surface area contributed by atoms with Crippen LogP contribution in [0.1, 0.15) is 24.4 Å². The molecule has 0 bridgehead atoms. The summed E-state index contributed by atoms with van der Waals surface area (Å²) in [5.74, 6) is 1.81. The molecule has 0 N–H and O–H groups in total. The molecule has 3 aromatic rings. The Bertz CT molecular complexity index is 1010. The summed E-state index contributed by atoms with van der Waals surface area (Å²) in [6.45, 7) is 0.842. The lowest BCUT2D eigenvalue weighted by Crippen LogP contribution is -2.32. The standard InChI is InChI=1S/C22H26N2O6S/c1-23(31(26,27)21-11-9-18(28-2)10-12-21)13-3-8-22(25)24(16-19-6-4-14-29-19)17-20-7-5-15-30-20/h4-7,9-12,14-15H,3,8,13,16-17H2,1-2H3. The van der Waals surface area contributed by atoms with Crippen molar-refractivity contribution in [2.45, 2.75) is 30.8 Å². The van der Waals surface area contributed by atoms with Crippen LogP contribution in [0.2, 0.25) is 0 Å². The van der Waals surface area contributed by atoms with Gasteiger partial charge in [-0.05, 0) is 55.0 Å². The van der Waals surface area contributed by atoms with E-state index in [2.05, 4.69) is 0 Å². The minimum absolute atomic E-state index is 0.108. The molecule has 31 heavy (non-hydrogen) atoms. The predicted octanol–water partition coefficient (Wildman–Crippen LogP) is 3.51. The Kier molecular flexibility index (Phi) is 7.54. The van der Waals surface area contributed by atoms with Gasteiger partial charge in [-0.1, -0.05) is 0 Å². The molecule has 0 radical (unpaired) electrons. The smallest absolute Gasteiger partial charge is 0.242 e. The van der Waals surface area contributed by atoms with Crippen LogP contribution in [0.3, 0.4) is 0 Å². The van der Waals surface area contributed by atoms with Crippen LogP contribution in [-0.2, 0) is 27.9 Å². The zero-order valence-corrected chi connectivity index (χ0v) is 18.4. The summed E-state index contributed by atoms with van der Waals surface area (Å²) in [5, 5.41) is 0. The largest absolute Gasteiger partial charge is 0.497 e. The molecule has 0 spiro atoms. The van der Waals surface area contributed by atoms with Crippen LogP contribution in [0.4, 0.5) is 0 Å². The second kappa shape index (κ2) is 10.3. The molecule has 9 heteroatoms. The lowest BCUT2D eigenvalue weighted by molar-refractivity contribution is -0.133. The van der Waals surface area contributed by atoms with Crippen molar-refractivity contribution >= 4 is 15.9 Å². The van der Waals surface area contributed by atoms with Gasteiger partial charge in [-0.25, -0.2) is 12.7 Å². The second-order valence-corrected chi connectivity index (χ2v) is 9.06. The SMILES string of the molecule is COc1ccc(S(=O)(=O)N(C)CCCC(=O)N(Cc2ccco2)Cc2ccco2)cc1. The minimum atomic E-state index is -3.64. The molecule has 2 aromatic heterocycles. The topological polar surface area (TPSA) is 93.2 Å². The Balaban J connectivity index is 1.57. The molecule has 8 nitrogen and oxygen atoms in total. The zero-order valence-electron chi connectivity index (χ0n) is 17.6. The quantitative estimate of drug-likeness (QED) is 0.447. The van der Waals surface area contributed by atoms with Crippen LogP contribution < -0.4 is 4.74 Å². The van der Waals surface area contributed by atoms with Gasteiger partial charge in [-0.15, -0.1) is 0 Å². The van der Waals surface area contributed by atoms with Crippen molar-refractivity contribution in [3.63, 3.8) is 0 Å². The molecule has 1 amide bonds. The number of ether oxygens (including phenoxy) is 1. The maximum Gasteiger partial charge on any atom is 0.242 e.